The van der Waals surface area contributed by atoms with E-state index >= 15 is 0 Å². The molecule has 0 atom stereocenters. The average Bonchev–Trinajstić information content (AvgIpc) is 3.26. The predicted molar refractivity (Wildman–Crippen MR) is 89.4 cm³/mol. The van der Waals surface area contributed by atoms with Crippen molar-refractivity contribution in [2.24, 2.45) is 0 Å². The first-order valence-electron chi connectivity index (χ1n) is 6.73. The summed E-state index contributed by atoms with van der Waals surface area (Å²) < 4.78 is 1.31. The third-order valence-corrected chi connectivity index (χ3v) is 4.86. The topological polar surface area (TPSA) is 89.4 Å². The van der Waals surface area contributed by atoms with Gasteiger partial charge in [0, 0.05) is 0 Å². The molecule has 23 heavy (non-hydrogen) atoms. The van der Waals surface area contributed by atoms with Crippen LogP contribution in [0.4, 0.5) is 0 Å². The van der Waals surface area contributed by atoms with Crippen molar-refractivity contribution in [3.8, 4) is 10.7 Å². The molecule has 1 N–H and O–H groups in total. The van der Waals surface area contributed by atoms with Gasteiger partial charge in [0.25, 0.3) is 5.56 Å². The second kappa shape index (κ2) is 5.94. The summed E-state index contributed by atoms with van der Waals surface area (Å²) in [5.41, 5.74) is 0.425. The van der Waals surface area contributed by atoms with E-state index in [1.165, 1.54) is 16.4 Å². The molecule has 0 unspecified atom stereocenters. The van der Waals surface area contributed by atoms with Gasteiger partial charge in [0.2, 0.25) is 5.16 Å². The number of aromatic amines is 1. The highest BCUT2D eigenvalue weighted by Crippen LogP contribution is 2.23. The van der Waals surface area contributed by atoms with E-state index in [2.05, 4.69) is 25.5 Å². The zero-order chi connectivity index (χ0) is 15.6. The van der Waals surface area contributed by atoms with Crippen molar-refractivity contribution >= 4 is 34.0 Å². The number of aromatic nitrogens is 6. The zero-order valence-electron chi connectivity index (χ0n) is 11.7. The van der Waals surface area contributed by atoms with Gasteiger partial charge < -0.3 is 0 Å². The molecule has 9 heteroatoms. The van der Waals surface area contributed by atoms with Crippen LogP contribution in [0.1, 0.15) is 0 Å². The van der Waals surface area contributed by atoms with Gasteiger partial charge in [-0.15, -0.1) is 21.5 Å². The molecule has 0 fully saturated rings. The highest BCUT2D eigenvalue weighted by atomic mass is 32.2. The SMILES string of the molecule is O=c1c2ccccc2nnn1CSc1n[nH]c(-c2cccs2)n1. The fraction of sp³-hybridized carbons (Fsp3) is 0.0714. The van der Waals surface area contributed by atoms with Crippen LogP contribution in [-0.4, -0.2) is 30.2 Å². The summed E-state index contributed by atoms with van der Waals surface area (Å²) in [4.78, 5) is 17.8. The molecule has 0 aliphatic rings. The Morgan fingerprint density at radius 2 is 2.13 bits per heavy atom. The quantitative estimate of drug-likeness (QED) is 0.573. The predicted octanol–water partition coefficient (Wildman–Crippen LogP) is 2.39. The number of fused-ring (bicyclic) bond motifs is 1. The summed E-state index contributed by atoms with van der Waals surface area (Å²) in [6.45, 7) is 0. The van der Waals surface area contributed by atoms with Crippen molar-refractivity contribution in [3.63, 3.8) is 0 Å². The summed E-state index contributed by atoms with van der Waals surface area (Å²) in [6, 6.07) is 11.1. The smallest absolute Gasteiger partial charge is 0.267 e. The number of thioether (sulfide) groups is 1. The van der Waals surface area contributed by atoms with Crippen molar-refractivity contribution in [2.75, 3.05) is 0 Å². The molecular weight excluding hydrogens is 332 g/mol. The van der Waals surface area contributed by atoms with Gasteiger partial charge in [0.05, 0.1) is 16.1 Å². The second-order valence-corrected chi connectivity index (χ2v) is 6.49. The number of hydrogen-bond acceptors (Lipinski definition) is 7. The average molecular weight is 342 g/mol. The van der Waals surface area contributed by atoms with Crippen LogP contribution >= 0.6 is 23.1 Å². The Hall–Kier alpha value is -2.52. The molecule has 0 bridgehead atoms. The minimum Gasteiger partial charge on any atom is -0.267 e. The first-order chi connectivity index (χ1) is 11.3. The third-order valence-electron chi connectivity index (χ3n) is 3.16. The third kappa shape index (κ3) is 2.76. The maximum atomic E-state index is 12.3. The molecule has 0 saturated carbocycles. The minimum atomic E-state index is -0.169. The van der Waals surface area contributed by atoms with Crippen LogP contribution in [0.15, 0.2) is 51.7 Å². The number of nitrogens with one attached hydrogen (secondary N) is 1. The Bertz CT molecular complexity index is 1010. The number of thiophene rings is 1. The van der Waals surface area contributed by atoms with E-state index in [4.69, 9.17) is 0 Å². The molecule has 4 rings (SSSR count). The van der Waals surface area contributed by atoms with Gasteiger partial charge in [-0.2, -0.15) is 4.68 Å². The molecule has 0 amide bonds. The second-order valence-electron chi connectivity index (χ2n) is 4.63. The van der Waals surface area contributed by atoms with Crippen molar-refractivity contribution in [3.05, 3.63) is 52.1 Å². The largest absolute Gasteiger partial charge is 0.278 e. The normalized spacial score (nSPS) is 11.1. The lowest BCUT2D eigenvalue weighted by atomic mass is 10.2. The summed E-state index contributed by atoms with van der Waals surface area (Å²) in [5.74, 6) is 1.03. The van der Waals surface area contributed by atoms with E-state index in [1.807, 2.05) is 29.6 Å². The highest BCUT2D eigenvalue weighted by molar-refractivity contribution is 7.98. The van der Waals surface area contributed by atoms with E-state index in [9.17, 15) is 4.79 Å². The maximum absolute atomic E-state index is 12.3. The minimum absolute atomic E-state index is 0.169. The van der Waals surface area contributed by atoms with Gasteiger partial charge in [-0.1, -0.05) is 35.2 Å². The van der Waals surface area contributed by atoms with Crippen LogP contribution in [0.3, 0.4) is 0 Å². The zero-order valence-corrected chi connectivity index (χ0v) is 13.3. The van der Waals surface area contributed by atoms with Crippen molar-refractivity contribution in [2.45, 2.75) is 11.0 Å². The Morgan fingerprint density at radius 1 is 1.22 bits per heavy atom. The van der Waals surface area contributed by atoms with Gasteiger partial charge in [0.15, 0.2) is 5.82 Å². The Labute approximate surface area is 138 Å². The van der Waals surface area contributed by atoms with E-state index in [-0.39, 0.29) is 5.56 Å². The van der Waals surface area contributed by atoms with Crippen molar-refractivity contribution in [1.29, 1.82) is 0 Å². The molecule has 0 saturated heterocycles. The van der Waals surface area contributed by atoms with Gasteiger partial charge in [0.1, 0.15) is 5.52 Å². The number of nitrogens with zero attached hydrogens (tertiary/aromatic N) is 5. The molecule has 0 spiro atoms. The van der Waals surface area contributed by atoms with E-state index in [1.54, 1.807) is 23.5 Å². The van der Waals surface area contributed by atoms with Crippen LogP contribution in [0.5, 0.6) is 0 Å². The van der Waals surface area contributed by atoms with Crippen LogP contribution in [-0.2, 0) is 5.88 Å². The number of hydrogen-bond donors (Lipinski definition) is 1. The summed E-state index contributed by atoms with van der Waals surface area (Å²) >= 11 is 2.91. The van der Waals surface area contributed by atoms with Gasteiger partial charge in [-0.3, -0.25) is 9.89 Å². The summed E-state index contributed by atoms with van der Waals surface area (Å²) in [7, 11) is 0. The Kier molecular flexibility index (Phi) is 3.64. The fourth-order valence-corrected chi connectivity index (χ4v) is 3.40. The van der Waals surface area contributed by atoms with Crippen LogP contribution in [0.25, 0.3) is 21.6 Å². The molecule has 0 aliphatic carbocycles. The number of H-pyrrole nitrogens is 1. The highest BCUT2D eigenvalue weighted by Gasteiger charge is 2.09. The lowest BCUT2D eigenvalue weighted by molar-refractivity contribution is 0.644. The van der Waals surface area contributed by atoms with Gasteiger partial charge in [-0.05, 0) is 23.6 Å². The molecule has 3 heterocycles. The van der Waals surface area contributed by atoms with Crippen LogP contribution in [0, 0.1) is 0 Å². The number of rotatable bonds is 4. The molecule has 0 aliphatic heterocycles. The maximum Gasteiger partial charge on any atom is 0.278 e. The lowest BCUT2D eigenvalue weighted by Crippen LogP contribution is -2.23. The van der Waals surface area contributed by atoms with Gasteiger partial charge >= 0.3 is 0 Å². The summed E-state index contributed by atoms with van der Waals surface area (Å²) in [5, 5.41) is 18.1. The molecule has 0 radical (unpaired) electrons. The Morgan fingerprint density at radius 3 is 3.00 bits per heavy atom. The summed E-state index contributed by atoms with van der Waals surface area (Å²) in [6.07, 6.45) is 0. The fourth-order valence-electron chi connectivity index (χ4n) is 2.06. The van der Waals surface area contributed by atoms with E-state index in [0.717, 1.165) is 10.7 Å². The number of benzene rings is 1. The standard InChI is InChI=1S/C14H10N6OS2/c21-13-9-4-1-2-5-10(9)16-19-20(13)8-23-14-15-12(17-18-14)11-6-3-7-22-11/h1-7H,8H2,(H,15,17,18). The first-order valence-corrected chi connectivity index (χ1v) is 8.59. The van der Waals surface area contributed by atoms with Crippen molar-refractivity contribution < 1.29 is 0 Å². The molecule has 4 aromatic rings. The molecule has 7 nitrogen and oxygen atoms in total. The first kappa shape index (κ1) is 14.1. The molecule has 3 aromatic heterocycles. The van der Waals surface area contributed by atoms with Crippen molar-refractivity contribution in [1.82, 2.24) is 30.2 Å². The monoisotopic (exact) mass is 342 g/mol. The molecule has 114 valence electrons. The van der Waals surface area contributed by atoms with Crippen LogP contribution < -0.4 is 5.56 Å². The van der Waals surface area contributed by atoms with E-state index < -0.39 is 0 Å². The molecule has 1 aromatic carbocycles. The van der Waals surface area contributed by atoms with Gasteiger partial charge in [-0.25, -0.2) is 4.98 Å². The van der Waals surface area contributed by atoms with Crippen LogP contribution in [0.2, 0.25) is 0 Å². The Balaban J connectivity index is 1.55. The lowest BCUT2D eigenvalue weighted by Gasteiger charge is -2.02. The molecular formula is C14H10N6OS2. The van der Waals surface area contributed by atoms with E-state index in [0.29, 0.717) is 21.9 Å².